The van der Waals surface area contributed by atoms with Gasteiger partial charge in [0, 0.05) is 6.54 Å². The van der Waals surface area contributed by atoms with Crippen molar-refractivity contribution in [1.29, 1.82) is 0 Å². The van der Waals surface area contributed by atoms with Crippen LogP contribution in [0.25, 0.3) is 0 Å². The quantitative estimate of drug-likeness (QED) is 0.693. The van der Waals surface area contributed by atoms with Gasteiger partial charge in [0.25, 0.3) is 5.91 Å². The molecule has 1 amide bonds. The fourth-order valence-corrected chi connectivity index (χ4v) is 2.74. The van der Waals surface area contributed by atoms with Gasteiger partial charge in [0.2, 0.25) is 0 Å². The summed E-state index contributed by atoms with van der Waals surface area (Å²) in [5, 5.41) is 12.1. The predicted octanol–water partition coefficient (Wildman–Crippen LogP) is 1.45. The van der Waals surface area contributed by atoms with Crippen LogP contribution in [-0.2, 0) is 19.1 Å². The molecule has 2 N–H and O–H groups in total. The zero-order valence-electron chi connectivity index (χ0n) is 14.0. The fraction of sp³-hybridized carbons (Fsp3) is 0.312. The third-order valence-corrected chi connectivity index (χ3v) is 4.40. The van der Waals surface area contributed by atoms with Crippen molar-refractivity contribution in [3.8, 4) is 0 Å². The minimum absolute atomic E-state index is 0.0343. The topological polar surface area (TPSA) is 105 Å². The first-order valence-electron chi connectivity index (χ1n) is 7.40. The van der Waals surface area contributed by atoms with E-state index >= 15 is 0 Å². The van der Waals surface area contributed by atoms with Crippen LogP contribution in [0.5, 0.6) is 0 Å². The van der Waals surface area contributed by atoms with Crippen molar-refractivity contribution in [1.82, 2.24) is 4.90 Å². The van der Waals surface area contributed by atoms with Crippen molar-refractivity contribution in [3.05, 3.63) is 39.0 Å². The average molecular weight is 403 g/mol. The second-order valence-corrected chi connectivity index (χ2v) is 6.04. The lowest BCUT2D eigenvalue weighted by Gasteiger charge is -2.16. The number of ether oxygens (including phenoxy) is 2. The summed E-state index contributed by atoms with van der Waals surface area (Å²) in [6, 6.07) is 2.64. The summed E-state index contributed by atoms with van der Waals surface area (Å²) in [7, 11) is 2.38. The Morgan fingerprint density at radius 1 is 1.19 bits per heavy atom. The largest absolute Gasteiger partial charge is 0.466 e. The van der Waals surface area contributed by atoms with Gasteiger partial charge in [0.05, 0.1) is 54.2 Å². The van der Waals surface area contributed by atoms with Crippen LogP contribution < -0.4 is 5.32 Å². The third kappa shape index (κ3) is 3.92. The van der Waals surface area contributed by atoms with Crippen LogP contribution in [0.15, 0.2) is 23.4 Å². The summed E-state index contributed by atoms with van der Waals surface area (Å²) in [4.78, 5) is 37.8. The highest BCUT2D eigenvalue weighted by Gasteiger charge is 2.35. The number of halogens is 2. The normalized spacial score (nSPS) is 13.9. The Bertz CT molecular complexity index is 793. The Labute approximate surface area is 159 Å². The van der Waals surface area contributed by atoms with Crippen molar-refractivity contribution in [2.45, 2.75) is 0 Å². The van der Waals surface area contributed by atoms with Crippen LogP contribution in [-0.4, -0.2) is 61.8 Å². The summed E-state index contributed by atoms with van der Waals surface area (Å²) >= 11 is 11.9. The van der Waals surface area contributed by atoms with Gasteiger partial charge in [-0.05, 0) is 12.1 Å². The van der Waals surface area contributed by atoms with Crippen molar-refractivity contribution in [3.63, 3.8) is 0 Å². The SMILES string of the molecule is COC(=O)C1=C(Nc2cc(Cl)c(Cl)cc2C(=O)OC)C(=O)N(CCO)C1. The zero-order valence-corrected chi connectivity index (χ0v) is 15.5. The van der Waals surface area contributed by atoms with Crippen molar-refractivity contribution in [2.24, 2.45) is 0 Å². The molecule has 0 aromatic heterocycles. The molecule has 0 unspecified atom stereocenters. The van der Waals surface area contributed by atoms with E-state index in [0.717, 1.165) is 0 Å². The number of aliphatic hydroxyl groups excluding tert-OH is 1. The molecule has 1 aromatic carbocycles. The molecular formula is C16H16Cl2N2O6. The predicted molar refractivity (Wildman–Crippen MR) is 94.1 cm³/mol. The Hall–Kier alpha value is -2.29. The number of carbonyl (C=O) groups excluding carboxylic acids is 3. The van der Waals surface area contributed by atoms with Crippen molar-refractivity contribution >= 4 is 46.7 Å². The summed E-state index contributed by atoms with van der Waals surface area (Å²) < 4.78 is 9.40. The van der Waals surface area contributed by atoms with Crippen LogP contribution in [0.2, 0.25) is 10.0 Å². The number of aliphatic hydroxyl groups is 1. The van der Waals surface area contributed by atoms with E-state index in [0.29, 0.717) is 0 Å². The number of anilines is 1. The molecule has 140 valence electrons. The number of amides is 1. The van der Waals surface area contributed by atoms with Crippen LogP contribution in [0, 0.1) is 0 Å². The highest BCUT2D eigenvalue weighted by atomic mass is 35.5. The average Bonchev–Trinajstić information content (AvgIpc) is 2.93. The zero-order chi connectivity index (χ0) is 19.4. The second kappa shape index (κ2) is 8.39. The minimum atomic E-state index is -0.707. The molecule has 0 radical (unpaired) electrons. The van der Waals surface area contributed by atoms with Gasteiger partial charge in [-0.2, -0.15) is 0 Å². The van der Waals surface area contributed by atoms with E-state index in [1.54, 1.807) is 0 Å². The first-order valence-corrected chi connectivity index (χ1v) is 8.15. The second-order valence-electron chi connectivity index (χ2n) is 5.22. The van der Waals surface area contributed by atoms with E-state index in [1.165, 1.54) is 31.3 Å². The van der Waals surface area contributed by atoms with E-state index in [1.807, 2.05) is 0 Å². The van der Waals surface area contributed by atoms with Crippen molar-refractivity contribution in [2.75, 3.05) is 39.2 Å². The maximum Gasteiger partial charge on any atom is 0.340 e. The van der Waals surface area contributed by atoms with E-state index in [-0.39, 0.29) is 52.3 Å². The number of rotatable bonds is 6. The standard InChI is InChI=1S/C16H16Cl2N2O6/c1-25-15(23)8-5-10(17)11(18)6-12(8)19-13-9(16(24)26-2)7-20(3-4-21)14(13)22/h5-6,19,21H,3-4,7H2,1-2H3. The Morgan fingerprint density at radius 3 is 2.38 bits per heavy atom. The Morgan fingerprint density at radius 2 is 1.81 bits per heavy atom. The first kappa shape index (κ1) is 20.0. The number of hydrogen-bond acceptors (Lipinski definition) is 7. The van der Waals surface area contributed by atoms with Gasteiger partial charge >= 0.3 is 11.9 Å². The smallest absolute Gasteiger partial charge is 0.340 e. The molecule has 0 bridgehead atoms. The van der Waals surface area contributed by atoms with Gasteiger partial charge in [-0.15, -0.1) is 0 Å². The molecule has 8 nitrogen and oxygen atoms in total. The maximum absolute atomic E-state index is 12.5. The molecule has 0 atom stereocenters. The number of carbonyl (C=O) groups is 3. The maximum atomic E-state index is 12.5. The molecule has 1 heterocycles. The summed E-state index contributed by atoms with van der Waals surface area (Å²) in [5.41, 5.74) is 0.163. The van der Waals surface area contributed by atoms with Gasteiger partial charge in [0.1, 0.15) is 5.70 Å². The van der Waals surface area contributed by atoms with Gasteiger partial charge < -0.3 is 24.8 Å². The fourth-order valence-electron chi connectivity index (χ4n) is 2.41. The lowest BCUT2D eigenvalue weighted by molar-refractivity contribution is -0.136. The highest BCUT2D eigenvalue weighted by Crippen LogP contribution is 2.32. The van der Waals surface area contributed by atoms with E-state index < -0.39 is 17.8 Å². The van der Waals surface area contributed by atoms with Gasteiger partial charge in [0.15, 0.2) is 0 Å². The molecule has 26 heavy (non-hydrogen) atoms. The van der Waals surface area contributed by atoms with Gasteiger partial charge in [-0.3, -0.25) is 4.79 Å². The van der Waals surface area contributed by atoms with E-state index in [9.17, 15) is 14.4 Å². The number of nitrogens with one attached hydrogen (secondary N) is 1. The minimum Gasteiger partial charge on any atom is -0.466 e. The molecule has 1 aliphatic heterocycles. The number of esters is 2. The van der Waals surface area contributed by atoms with E-state index in [4.69, 9.17) is 37.8 Å². The number of methoxy groups -OCH3 is 2. The summed E-state index contributed by atoms with van der Waals surface area (Å²) in [6.45, 7) is -0.271. The molecule has 1 aromatic rings. The van der Waals surface area contributed by atoms with Crippen LogP contribution in [0.3, 0.4) is 0 Å². The van der Waals surface area contributed by atoms with E-state index in [2.05, 4.69) is 5.32 Å². The van der Waals surface area contributed by atoms with Gasteiger partial charge in [-0.1, -0.05) is 23.2 Å². The van der Waals surface area contributed by atoms with Gasteiger partial charge in [-0.25, -0.2) is 9.59 Å². The molecule has 2 rings (SSSR count). The number of nitrogens with zero attached hydrogens (tertiary/aromatic N) is 1. The molecule has 0 saturated carbocycles. The van der Waals surface area contributed by atoms with Crippen LogP contribution in [0.1, 0.15) is 10.4 Å². The molecule has 1 aliphatic rings. The van der Waals surface area contributed by atoms with Crippen molar-refractivity contribution < 1.29 is 29.0 Å². The summed E-state index contributed by atoms with van der Waals surface area (Å²) in [5.74, 6) is -1.94. The lowest BCUT2D eigenvalue weighted by Crippen LogP contribution is -2.31. The Balaban J connectivity index is 2.50. The number of β-amino-alcohol motifs (C(OH)–C–C–N with tert-alkyl or cyclic N) is 1. The monoisotopic (exact) mass is 402 g/mol. The van der Waals surface area contributed by atoms with Crippen LogP contribution in [0.4, 0.5) is 5.69 Å². The summed E-state index contributed by atoms with van der Waals surface area (Å²) in [6.07, 6.45) is 0. The molecule has 0 spiro atoms. The number of benzene rings is 1. The molecule has 0 saturated heterocycles. The molecular weight excluding hydrogens is 387 g/mol. The number of hydrogen-bond donors (Lipinski definition) is 2. The third-order valence-electron chi connectivity index (χ3n) is 3.68. The molecule has 0 fully saturated rings. The molecule has 0 aliphatic carbocycles. The van der Waals surface area contributed by atoms with Crippen LogP contribution >= 0.6 is 23.2 Å². The molecule has 10 heteroatoms. The first-order chi connectivity index (χ1) is 12.3. The lowest BCUT2D eigenvalue weighted by atomic mass is 10.1. The Kier molecular flexibility index (Phi) is 6.47. The highest BCUT2D eigenvalue weighted by molar-refractivity contribution is 6.42.